The zero-order chi connectivity index (χ0) is 11.6. The number of hydrogen-bond donors (Lipinski definition) is 1. The molecule has 1 aliphatic heterocycles. The van der Waals surface area contributed by atoms with Crippen LogP contribution in [0.1, 0.15) is 34.1 Å². The van der Waals surface area contributed by atoms with Crippen molar-refractivity contribution in [3.63, 3.8) is 0 Å². The minimum Gasteiger partial charge on any atom is -0.351 e. The standard InChI is InChI=1S/C11H20N2O2/c1-8(14)13-6-5-9(7-13)10(15)12-11(2,3)4/h9H,5-7H2,1-4H3,(H,12,15). The van der Waals surface area contributed by atoms with Gasteiger partial charge in [-0.3, -0.25) is 9.59 Å². The Morgan fingerprint density at radius 2 is 1.93 bits per heavy atom. The van der Waals surface area contributed by atoms with E-state index in [0.29, 0.717) is 13.1 Å². The monoisotopic (exact) mass is 212 g/mol. The van der Waals surface area contributed by atoms with Gasteiger partial charge in [0.15, 0.2) is 0 Å². The van der Waals surface area contributed by atoms with E-state index in [4.69, 9.17) is 0 Å². The van der Waals surface area contributed by atoms with Crippen molar-refractivity contribution >= 4 is 11.8 Å². The van der Waals surface area contributed by atoms with Crippen LogP contribution in [-0.4, -0.2) is 35.3 Å². The smallest absolute Gasteiger partial charge is 0.225 e. The number of nitrogens with zero attached hydrogens (tertiary/aromatic N) is 1. The zero-order valence-electron chi connectivity index (χ0n) is 9.96. The summed E-state index contributed by atoms with van der Waals surface area (Å²) in [5, 5.41) is 2.94. The normalized spacial score (nSPS) is 21.6. The number of likely N-dealkylation sites (tertiary alicyclic amines) is 1. The van der Waals surface area contributed by atoms with Crippen LogP contribution in [0.25, 0.3) is 0 Å². The van der Waals surface area contributed by atoms with Gasteiger partial charge in [-0.1, -0.05) is 0 Å². The lowest BCUT2D eigenvalue weighted by molar-refractivity contribution is -0.128. The van der Waals surface area contributed by atoms with Gasteiger partial charge in [0, 0.05) is 25.6 Å². The molecule has 0 aromatic rings. The topological polar surface area (TPSA) is 49.4 Å². The fraction of sp³-hybridized carbons (Fsp3) is 0.818. The lowest BCUT2D eigenvalue weighted by Crippen LogP contribution is -2.44. The van der Waals surface area contributed by atoms with Gasteiger partial charge in [0.2, 0.25) is 11.8 Å². The third kappa shape index (κ3) is 3.53. The van der Waals surface area contributed by atoms with Crippen molar-refractivity contribution in [3.05, 3.63) is 0 Å². The van der Waals surface area contributed by atoms with Gasteiger partial charge >= 0.3 is 0 Å². The maximum Gasteiger partial charge on any atom is 0.225 e. The highest BCUT2D eigenvalue weighted by atomic mass is 16.2. The van der Waals surface area contributed by atoms with Gasteiger partial charge in [0.1, 0.15) is 0 Å². The van der Waals surface area contributed by atoms with Gasteiger partial charge in [0.05, 0.1) is 5.92 Å². The molecule has 1 aliphatic rings. The Morgan fingerprint density at radius 3 is 2.33 bits per heavy atom. The van der Waals surface area contributed by atoms with Crippen molar-refractivity contribution < 1.29 is 9.59 Å². The van der Waals surface area contributed by atoms with Crippen LogP contribution in [0.5, 0.6) is 0 Å². The predicted molar refractivity (Wildman–Crippen MR) is 58.3 cm³/mol. The van der Waals surface area contributed by atoms with Crippen LogP contribution >= 0.6 is 0 Å². The van der Waals surface area contributed by atoms with Crippen LogP contribution in [0, 0.1) is 5.92 Å². The molecule has 2 amide bonds. The van der Waals surface area contributed by atoms with Crippen molar-refractivity contribution in [1.29, 1.82) is 0 Å². The first-order valence-electron chi connectivity index (χ1n) is 5.37. The number of rotatable bonds is 1. The largest absolute Gasteiger partial charge is 0.351 e. The molecule has 0 saturated carbocycles. The first-order chi connectivity index (χ1) is 6.79. The molecular formula is C11H20N2O2. The molecule has 1 saturated heterocycles. The van der Waals surface area contributed by atoms with Crippen molar-refractivity contribution in [2.24, 2.45) is 5.92 Å². The summed E-state index contributed by atoms with van der Waals surface area (Å²) in [6, 6.07) is 0. The van der Waals surface area contributed by atoms with Gasteiger partial charge in [-0.15, -0.1) is 0 Å². The van der Waals surface area contributed by atoms with Crippen LogP contribution in [0.4, 0.5) is 0 Å². The molecule has 1 atom stereocenters. The van der Waals surface area contributed by atoms with Crippen molar-refractivity contribution in [3.8, 4) is 0 Å². The number of carbonyl (C=O) groups is 2. The molecule has 0 radical (unpaired) electrons. The Kier molecular flexibility index (Phi) is 3.37. The van der Waals surface area contributed by atoms with Crippen LogP contribution in [0.2, 0.25) is 0 Å². The summed E-state index contributed by atoms with van der Waals surface area (Å²) in [7, 11) is 0. The summed E-state index contributed by atoms with van der Waals surface area (Å²) in [4.78, 5) is 24.6. The summed E-state index contributed by atoms with van der Waals surface area (Å²) >= 11 is 0. The van der Waals surface area contributed by atoms with E-state index >= 15 is 0 Å². The summed E-state index contributed by atoms with van der Waals surface area (Å²) in [5.74, 6) is 0.0837. The second-order valence-electron chi connectivity index (χ2n) is 5.19. The maximum atomic E-state index is 11.8. The molecule has 1 unspecified atom stereocenters. The average molecular weight is 212 g/mol. The van der Waals surface area contributed by atoms with Crippen LogP contribution in [0.15, 0.2) is 0 Å². The third-order valence-corrected chi connectivity index (χ3v) is 2.50. The Labute approximate surface area is 91.0 Å². The van der Waals surface area contributed by atoms with Crippen LogP contribution < -0.4 is 5.32 Å². The van der Waals surface area contributed by atoms with E-state index in [-0.39, 0.29) is 23.3 Å². The van der Waals surface area contributed by atoms with Gasteiger partial charge in [-0.25, -0.2) is 0 Å². The van der Waals surface area contributed by atoms with E-state index < -0.39 is 0 Å². The maximum absolute atomic E-state index is 11.8. The molecule has 0 aliphatic carbocycles. The van der Waals surface area contributed by atoms with Crippen LogP contribution in [0.3, 0.4) is 0 Å². The summed E-state index contributed by atoms with van der Waals surface area (Å²) in [5.41, 5.74) is -0.194. The van der Waals surface area contributed by atoms with Gasteiger partial charge in [-0.2, -0.15) is 0 Å². The summed E-state index contributed by atoms with van der Waals surface area (Å²) < 4.78 is 0. The summed E-state index contributed by atoms with van der Waals surface area (Å²) in [6.45, 7) is 8.70. The first-order valence-corrected chi connectivity index (χ1v) is 5.37. The molecule has 1 heterocycles. The first kappa shape index (κ1) is 12.0. The van der Waals surface area contributed by atoms with Gasteiger partial charge in [-0.05, 0) is 27.2 Å². The predicted octanol–water partition coefficient (Wildman–Crippen LogP) is 0.769. The molecule has 15 heavy (non-hydrogen) atoms. The summed E-state index contributed by atoms with van der Waals surface area (Å²) in [6.07, 6.45) is 0.779. The number of nitrogens with one attached hydrogen (secondary N) is 1. The lowest BCUT2D eigenvalue weighted by Gasteiger charge is -2.23. The van der Waals surface area contributed by atoms with Gasteiger partial charge in [0.25, 0.3) is 0 Å². The van der Waals surface area contributed by atoms with E-state index in [0.717, 1.165) is 6.42 Å². The number of carbonyl (C=O) groups excluding carboxylic acids is 2. The Morgan fingerprint density at radius 1 is 1.33 bits per heavy atom. The third-order valence-electron chi connectivity index (χ3n) is 2.50. The molecule has 4 nitrogen and oxygen atoms in total. The molecule has 1 fully saturated rings. The number of amides is 2. The van der Waals surface area contributed by atoms with E-state index in [1.165, 1.54) is 0 Å². The molecule has 1 N–H and O–H groups in total. The average Bonchev–Trinajstić information content (AvgIpc) is 2.47. The Hall–Kier alpha value is -1.06. The van der Waals surface area contributed by atoms with Crippen molar-refractivity contribution in [1.82, 2.24) is 10.2 Å². The quantitative estimate of drug-likeness (QED) is 0.698. The minimum absolute atomic E-state index is 0.0341. The molecule has 0 bridgehead atoms. The SMILES string of the molecule is CC(=O)N1CCC(C(=O)NC(C)(C)C)C1. The van der Waals surface area contributed by atoms with E-state index in [1.54, 1.807) is 11.8 Å². The highest BCUT2D eigenvalue weighted by Gasteiger charge is 2.30. The molecule has 0 aromatic carbocycles. The van der Waals surface area contributed by atoms with E-state index in [1.807, 2.05) is 20.8 Å². The number of hydrogen-bond acceptors (Lipinski definition) is 2. The second-order valence-corrected chi connectivity index (χ2v) is 5.19. The Balaban J connectivity index is 2.47. The molecule has 4 heteroatoms. The fourth-order valence-corrected chi connectivity index (χ4v) is 1.73. The van der Waals surface area contributed by atoms with Gasteiger partial charge < -0.3 is 10.2 Å². The second kappa shape index (κ2) is 4.21. The Bertz CT molecular complexity index is 268. The fourth-order valence-electron chi connectivity index (χ4n) is 1.73. The van der Waals surface area contributed by atoms with Crippen LogP contribution in [-0.2, 0) is 9.59 Å². The molecule has 0 aromatic heterocycles. The molecular weight excluding hydrogens is 192 g/mol. The zero-order valence-corrected chi connectivity index (χ0v) is 9.96. The van der Waals surface area contributed by atoms with E-state index in [2.05, 4.69) is 5.32 Å². The molecule has 86 valence electrons. The van der Waals surface area contributed by atoms with Crippen molar-refractivity contribution in [2.45, 2.75) is 39.7 Å². The molecule has 1 rings (SSSR count). The lowest BCUT2D eigenvalue weighted by atomic mass is 10.0. The highest BCUT2D eigenvalue weighted by molar-refractivity contribution is 5.81. The van der Waals surface area contributed by atoms with E-state index in [9.17, 15) is 9.59 Å². The highest BCUT2D eigenvalue weighted by Crippen LogP contribution is 2.17. The molecule has 0 spiro atoms. The van der Waals surface area contributed by atoms with Crippen molar-refractivity contribution in [2.75, 3.05) is 13.1 Å². The minimum atomic E-state index is -0.194.